The second-order valence-electron chi connectivity index (χ2n) is 12.6. The highest BCUT2D eigenvalue weighted by atomic mass is 16.7. The van der Waals surface area contributed by atoms with Gasteiger partial charge >= 0.3 is 0 Å². The third-order valence-corrected chi connectivity index (χ3v) is 8.67. The average Bonchev–Trinajstić information content (AvgIpc) is 3.40. The van der Waals surface area contributed by atoms with Gasteiger partial charge in [-0.05, 0) is 38.2 Å². The number of rotatable bonds is 26. The molecule has 7 nitrogen and oxygen atoms in total. The Hall–Kier alpha value is -2.83. The Morgan fingerprint density at radius 1 is 0.750 bits per heavy atom. The summed E-state index contributed by atoms with van der Waals surface area (Å²) in [6.07, 6.45) is 26.7. The van der Waals surface area contributed by atoms with Gasteiger partial charge in [0.2, 0.25) is 5.91 Å². The molecule has 3 aromatic rings. The monoisotopic (exact) mass is 607 g/mol. The molecule has 2 heterocycles. The molecule has 0 aliphatic carbocycles. The maximum absolute atomic E-state index is 12.2. The minimum absolute atomic E-state index is 0.194. The third-order valence-electron chi connectivity index (χ3n) is 8.67. The van der Waals surface area contributed by atoms with Crippen LogP contribution in [0.3, 0.4) is 0 Å². The van der Waals surface area contributed by atoms with Gasteiger partial charge in [-0.2, -0.15) is 4.73 Å². The van der Waals surface area contributed by atoms with Crippen LogP contribution in [0.2, 0.25) is 0 Å². The quantitative estimate of drug-likeness (QED) is 0.0886. The van der Waals surface area contributed by atoms with Gasteiger partial charge in [0.05, 0.1) is 5.52 Å². The van der Waals surface area contributed by atoms with E-state index in [-0.39, 0.29) is 5.91 Å². The summed E-state index contributed by atoms with van der Waals surface area (Å²) in [4.78, 5) is 27.9. The predicted octanol–water partition coefficient (Wildman–Crippen LogP) is 9.49. The first-order valence-electron chi connectivity index (χ1n) is 18.1. The number of carbonyl (C=O) groups is 1. The smallest absolute Gasteiger partial charge is 0.219 e. The molecule has 0 aliphatic rings. The SMILES string of the molecule is CCCCCCCCCCCCCCCCCC(=O)NCCCCCOn1c(CCCC)nc2c(N)nc3ccccc3c21. The van der Waals surface area contributed by atoms with Crippen molar-refractivity contribution in [2.24, 2.45) is 0 Å². The molecule has 2 aromatic heterocycles. The number of anilines is 1. The molecule has 0 bridgehead atoms. The van der Waals surface area contributed by atoms with Crippen molar-refractivity contribution in [3.8, 4) is 0 Å². The van der Waals surface area contributed by atoms with Crippen LogP contribution < -0.4 is 15.9 Å². The predicted molar refractivity (Wildman–Crippen MR) is 186 cm³/mol. The number of nitrogens with two attached hydrogens (primary N) is 1. The van der Waals surface area contributed by atoms with Gasteiger partial charge in [0.1, 0.15) is 23.5 Å². The molecule has 0 radical (unpaired) electrons. The van der Waals surface area contributed by atoms with E-state index in [1.165, 1.54) is 89.9 Å². The molecule has 0 spiro atoms. The molecular weight excluding hydrogens is 546 g/mol. The van der Waals surface area contributed by atoms with Crippen LogP contribution in [0.15, 0.2) is 24.3 Å². The van der Waals surface area contributed by atoms with E-state index in [0.717, 1.165) is 73.7 Å². The fourth-order valence-corrected chi connectivity index (χ4v) is 5.99. The van der Waals surface area contributed by atoms with Gasteiger partial charge in [0.15, 0.2) is 5.82 Å². The number of pyridine rings is 1. The number of nitrogen functional groups attached to an aromatic ring is 1. The van der Waals surface area contributed by atoms with Gasteiger partial charge in [-0.25, -0.2) is 9.97 Å². The lowest BCUT2D eigenvalue weighted by atomic mass is 10.0. The Bertz CT molecular complexity index is 1210. The van der Waals surface area contributed by atoms with E-state index in [2.05, 4.69) is 30.2 Å². The molecule has 0 atom stereocenters. The van der Waals surface area contributed by atoms with Crippen molar-refractivity contribution in [2.75, 3.05) is 18.9 Å². The van der Waals surface area contributed by atoms with Gasteiger partial charge in [0.25, 0.3) is 0 Å². The Morgan fingerprint density at radius 3 is 2.00 bits per heavy atom. The Balaban J connectivity index is 1.21. The maximum atomic E-state index is 12.2. The molecule has 7 heteroatoms. The lowest BCUT2D eigenvalue weighted by molar-refractivity contribution is -0.121. The van der Waals surface area contributed by atoms with E-state index in [1.807, 2.05) is 22.9 Å². The zero-order valence-electron chi connectivity index (χ0n) is 28.0. The van der Waals surface area contributed by atoms with E-state index >= 15 is 0 Å². The summed E-state index contributed by atoms with van der Waals surface area (Å²) in [7, 11) is 0. The molecule has 0 fully saturated rings. The third kappa shape index (κ3) is 12.6. The highest BCUT2D eigenvalue weighted by molar-refractivity contribution is 6.06. The zero-order valence-corrected chi connectivity index (χ0v) is 28.0. The molecule has 44 heavy (non-hydrogen) atoms. The van der Waals surface area contributed by atoms with E-state index in [1.54, 1.807) is 0 Å². The number of aromatic nitrogens is 3. The van der Waals surface area contributed by atoms with Gasteiger partial charge in [-0.15, -0.1) is 0 Å². The zero-order chi connectivity index (χ0) is 31.2. The number of hydrogen-bond donors (Lipinski definition) is 2. The molecule has 246 valence electrons. The lowest BCUT2D eigenvalue weighted by Crippen LogP contribution is -2.24. The summed E-state index contributed by atoms with van der Waals surface area (Å²) >= 11 is 0. The number of nitrogens with one attached hydrogen (secondary N) is 1. The summed E-state index contributed by atoms with van der Waals surface area (Å²) in [5.74, 6) is 1.54. The molecule has 0 saturated carbocycles. The van der Waals surface area contributed by atoms with Crippen LogP contribution in [0.25, 0.3) is 21.9 Å². The second kappa shape index (κ2) is 21.8. The van der Waals surface area contributed by atoms with E-state index in [4.69, 9.17) is 15.6 Å². The number of amides is 1. The number of benzene rings is 1. The number of imidazole rings is 1. The highest BCUT2D eigenvalue weighted by Gasteiger charge is 2.18. The molecule has 3 rings (SSSR count). The van der Waals surface area contributed by atoms with Crippen LogP contribution in [-0.2, 0) is 11.2 Å². The summed E-state index contributed by atoms with van der Waals surface area (Å²) in [5.41, 5.74) is 8.76. The van der Waals surface area contributed by atoms with Crippen LogP contribution in [0.4, 0.5) is 5.82 Å². The number of aryl methyl sites for hydroxylation is 1. The number of unbranched alkanes of at least 4 members (excludes halogenated alkanes) is 17. The normalized spacial score (nSPS) is 11.5. The fourth-order valence-electron chi connectivity index (χ4n) is 5.99. The highest BCUT2D eigenvalue weighted by Crippen LogP contribution is 2.28. The van der Waals surface area contributed by atoms with Crippen LogP contribution in [0, 0.1) is 0 Å². The minimum atomic E-state index is 0.194. The number of para-hydroxylation sites is 1. The standard InChI is InChI=1S/C37H61N5O2/c1-3-5-7-8-9-10-11-12-13-14-15-16-17-18-20-28-34(43)39-29-23-19-24-30-44-42-33(27-6-4-2)41-35-36(42)31-25-21-22-26-32(31)40-37(35)38/h21-22,25-26H,3-20,23-24,27-30H2,1-2H3,(H2,38,40)(H,39,43). The van der Waals surface area contributed by atoms with Crippen LogP contribution in [-0.4, -0.2) is 33.8 Å². The van der Waals surface area contributed by atoms with Crippen LogP contribution >= 0.6 is 0 Å². The first kappa shape index (κ1) is 35.6. The fraction of sp³-hybridized carbons (Fsp3) is 0.703. The Labute approximate surface area is 267 Å². The van der Waals surface area contributed by atoms with Gasteiger partial charge in [-0.3, -0.25) is 4.79 Å². The summed E-state index contributed by atoms with van der Waals surface area (Å²) in [6.45, 7) is 5.79. The van der Waals surface area contributed by atoms with Crippen molar-refractivity contribution in [1.82, 2.24) is 20.0 Å². The number of carbonyl (C=O) groups excluding carboxylic acids is 1. The molecule has 3 N–H and O–H groups in total. The number of fused-ring (bicyclic) bond motifs is 3. The van der Waals surface area contributed by atoms with Gasteiger partial charge in [-0.1, -0.05) is 128 Å². The molecule has 1 amide bonds. The molecule has 0 unspecified atom stereocenters. The summed E-state index contributed by atoms with van der Waals surface area (Å²) in [6, 6.07) is 8.01. The minimum Gasteiger partial charge on any atom is -0.412 e. The van der Waals surface area contributed by atoms with Crippen LogP contribution in [0.1, 0.15) is 155 Å². The summed E-state index contributed by atoms with van der Waals surface area (Å²) < 4.78 is 1.89. The maximum Gasteiger partial charge on any atom is 0.219 e. The Morgan fingerprint density at radius 2 is 1.34 bits per heavy atom. The van der Waals surface area contributed by atoms with Gasteiger partial charge in [0, 0.05) is 24.8 Å². The van der Waals surface area contributed by atoms with E-state index < -0.39 is 0 Å². The van der Waals surface area contributed by atoms with Crippen molar-refractivity contribution in [3.05, 3.63) is 30.1 Å². The number of nitrogens with zero attached hydrogens (tertiary/aromatic N) is 3. The van der Waals surface area contributed by atoms with Crippen LogP contribution in [0.5, 0.6) is 0 Å². The van der Waals surface area contributed by atoms with Crippen molar-refractivity contribution in [2.45, 2.75) is 155 Å². The molecule has 0 saturated heterocycles. The summed E-state index contributed by atoms with van der Waals surface area (Å²) in [5, 5.41) is 4.11. The average molecular weight is 608 g/mol. The Kier molecular flexibility index (Phi) is 17.7. The largest absolute Gasteiger partial charge is 0.412 e. The van der Waals surface area contributed by atoms with Crippen molar-refractivity contribution in [1.29, 1.82) is 0 Å². The van der Waals surface area contributed by atoms with Gasteiger partial charge < -0.3 is 15.9 Å². The first-order valence-corrected chi connectivity index (χ1v) is 18.1. The first-order chi connectivity index (χ1) is 21.7. The van der Waals surface area contributed by atoms with Crippen molar-refractivity contribution < 1.29 is 9.63 Å². The molecule has 1 aromatic carbocycles. The second-order valence-corrected chi connectivity index (χ2v) is 12.6. The molecular formula is C37H61N5O2. The van der Waals surface area contributed by atoms with E-state index in [0.29, 0.717) is 24.4 Å². The number of hydrogen-bond acceptors (Lipinski definition) is 5. The lowest BCUT2D eigenvalue weighted by Gasteiger charge is -2.12. The van der Waals surface area contributed by atoms with E-state index in [9.17, 15) is 4.79 Å². The van der Waals surface area contributed by atoms with Crippen molar-refractivity contribution >= 4 is 33.7 Å². The molecule has 0 aliphatic heterocycles. The van der Waals surface area contributed by atoms with Crippen molar-refractivity contribution in [3.63, 3.8) is 0 Å². The topological polar surface area (TPSA) is 95.1 Å².